The van der Waals surface area contributed by atoms with Gasteiger partial charge in [0.1, 0.15) is 0 Å². The van der Waals surface area contributed by atoms with E-state index in [1.165, 1.54) is 0 Å². The Balaban J connectivity index is 2.58. The highest BCUT2D eigenvalue weighted by Crippen LogP contribution is 2.26. The van der Waals surface area contributed by atoms with Gasteiger partial charge in [0.2, 0.25) is 0 Å². The lowest BCUT2D eigenvalue weighted by Crippen LogP contribution is -2.13. The van der Waals surface area contributed by atoms with Gasteiger partial charge in [-0.05, 0) is 5.92 Å². The first-order chi connectivity index (χ1) is 5.15. The summed E-state index contributed by atoms with van der Waals surface area (Å²) in [5.74, 6) is -0.0326. The van der Waals surface area contributed by atoms with Crippen LogP contribution in [-0.2, 0) is 14.3 Å². The number of aldehydes is 1. The lowest BCUT2D eigenvalue weighted by molar-refractivity contribution is -0.147. The molecule has 1 rings (SSSR count). The van der Waals surface area contributed by atoms with E-state index in [9.17, 15) is 9.59 Å². The van der Waals surface area contributed by atoms with E-state index in [4.69, 9.17) is 4.74 Å². The van der Waals surface area contributed by atoms with E-state index in [2.05, 4.69) is 0 Å². The van der Waals surface area contributed by atoms with Crippen LogP contribution in [0.5, 0.6) is 0 Å². The summed E-state index contributed by atoms with van der Waals surface area (Å²) in [6.07, 6.45) is 0.759. The maximum absolute atomic E-state index is 11.0. The van der Waals surface area contributed by atoms with Crippen molar-refractivity contribution in [3.8, 4) is 0 Å². The summed E-state index contributed by atoms with van der Waals surface area (Å²) in [7, 11) is 0. The van der Waals surface area contributed by atoms with Crippen LogP contribution in [0.4, 0.5) is 0 Å². The predicted molar refractivity (Wildman–Crippen MR) is 38.9 cm³/mol. The van der Waals surface area contributed by atoms with Crippen LogP contribution < -0.4 is 0 Å². The quantitative estimate of drug-likeness (QED) is 0.438. The van der Waals surface area contributed by atoms with Crippen molar-refractivity contribution in [3.63, 3.8) is 0 Å². The predicted octanol–water partition coefficient (Wildman–Crippen LogP) is 0.773. The molecule has 62 valence electrons. The van der Waals surface area contributed by atoms with Crippen LogP contribution in [-0.4, -0.2) is 18.4 Å². The molecule has 0 radical (unpaired) electrons. The zero-order valence-corrected chi connectivity index (χ0v) is 6.74. The van der Waals surface area contributed by atoms with E-state index < -0.39 is 6.10 Å². The normalized spacial score (nSPS) is 30.6. The molecule has 0 spiro atoms. The van der Waals surface area contributed by atoms with Crippen molar-refractivity contribution in [2.24, 2.45) is 11.8 Å². The van der Waals surface area contributed by atoms with Crippen molar-refractivity contribution in [2.75, 3.05) is 0 Å². The molecular weight excluding hydrogens is 144 g/mol. The minimum absolute atomic E-state index is 0.0785. The molecule has 0 bridgehead atoms. The molecule has 1 aliphatic rings. The third-order valence-electron chi connectivity index (χ3n) is 2.01. The van der Waals surface area contributed by atoms with Gasteiger partial charge in [0.15, 0.2) is 12.4 Å². The number of cyclic esters (lactones) is 1. The second-order valence-electron chi connectivity index (χ2n) is 3.20. The van der Waals surface area contributed by atoms with Crippen molar-refractivity contribution in [1.82, 2.24) is 0 Å². The van der Waals surface area contributed by atoms with Gasteiger partial charge in [-0.15, -0.1) is 0 Å². The Labute approximate surface area is 65.7 Å². The maximum Gasteiger partial charge on any atom is 0.310 e. The highest BCUT2D eigenvalue weighted by Gasteiger charge is 2.35. The summed E-state index contributed by atoms with van der Waals surface area (Å²) in [6.45, 7) is 3.91. The minimum atomic E-state index is -0.491. The molecule has 1 unspecified atom stereocenters. The van der Waals surface area contributed by atoms with E-state index in [0.717, 1.165) is 0 Å². The molecule has 1 saturated heterocycles. The van der Waals surface area contributed by atoms with Crippen LogP contribution in [0.25, 0.3) is 0 Å². The Morgan fingerprint density at radius 2 is 2.27 bits per heavy atom. The number of hydrogen-bond acceptors (Lipinski definition) is 3. The fourth-order valence-electron chi connectivity index (χ4n) is 1.26. The fraction of sp³-hybridized carbons (Fsp3) is 0.750. The Hall–Kier alpha value is -0.860. The summed E-state index contributed by atoms with van der Waals surface area (Å²) in [6, 6.07) is 0. The van der Waals surface area contributed by atoms with Gasteiger partial charge in [-0.1, -0.05) is 13.8 Å². The number of hydrogen-bond donors (Lipinski definition) is 0. The molecule has 0 aliphatic carbocycles. The summed E-state index contributed by atoms with van der Waals surface area (Å²) < 4.78 is 4.78. The molecule has 3 heteroatoms. The van der Waals surface area contributed by atoms with Crippen LogP contribution in [0.15, 0.2) is 0 Å². The Morgan fingerprint density at radius 3 is 2.55 bits per heavy atom. The molecular formula is C8H12O3. The molecule has 0 aromatic heterocycles. The lowest BCUT2D eigenvalue weighted by atomic mass is 9.93. The molecule has 0 aromatic rings. The summed E-state index contributed by atoms with van der Waals surface area (Å²) >= 11 is 0. The van der Waals surface area contributed by atoms with Crippen LogP contribution in [0, 0.1) is 11.8 Å². The largest absolute Gasteiger partial charge is 0.454 e. The van der Waals surface area contributed by atoms with Gasteiger partial charge in [-0.2, -0.15) is 0 Å². The average Bonchev–Trinajstić information content (AvgIpc) is 2.30. The topological polar surface area (TPSA) is 43.4 Å². The number of carbonyl (C=O) groups is 2. The molecule has 0 N–H and O–H groups in total. The first kappa shape index (κ1) is 8.24. The molecule has 0 aromatic carbocycles. The van der Waals surface area contributed by atoms with Gasteiger partial charge < -0.3 is 4.74 Å². The average molecular weight is 156 g/mol. The SMILES string of the molecule is CC(C)C1C[C@@H](C=O)OC1=O. The molecule has 1 aliphatic heterocycles. The molecule has 1 heterocycles. The maximum atomic E-state index is 11.0. The van der Waals surface area contributed by atoms with Crippen LogP contribution in [0.1, 0.15) is 20.3 Å². The van der Waals surface area contributed by atoms with E-state index in [-0.39, 0.29) is 17.8 Å². The minimum Gasteiger partial charge on any atom is -0.454 e. The van der Waals surface area contributed by atoms with Crippen LogP contribution in [0.3, 0.4) is 0 Å². The van der Waals surface area contributed by atoms with E-state index in [1.807, 2.05) is 13.8 Å². The lowest BCUT2D eigenvalue weighted by Gasteiger charge is -2.07. The van der Waals surface area contributed by atoms with E-state index >= 15 is 0 Å². The van der Waals surface area contributed by atoms with Crippen molar-refractivity contribution < 1.29 is 14.3 Å². The molecule has 1 fully saturated rings. The smallest absolute Gasteiger partial charge is 0.310 e. The Kier molecular flexibility index (Phi) is 2.27. The van der Waals surface area contributed by atoms with Crippen molar-refractivity contribution in [1.29, 1.82) is 0 Å². The molecule has 0 amide bonds. The first-order valence-electron chi connectivity index (χ1n) is 3.81. The Bertz CT molecular complexity index is 174. The Morgan fingerprint density at radius 1 is 1.64 bits per heavy atom. The van der Waals surface area contributed by atoms with Crippen molar-refractivity contribution >= 4 is 12.3 Å². The summed E-state index contributed by atoms with van der Waals surface area (Å²) in [5.41, 5.74) is 0. The molecule has 2 atom stereocenters. The zero-order valence-electron chi connectivity index (χ0n) is 6.74. The van der Waals surface area contributed by atoms with Gasteiger partial charge in [-0.3, -0.25) is 9.59 Å². The zero-order chi connectivity index (χ0) is 8.43. The first-order valence-corrected chi connectivity index (χ1v) is 3.81. The number of esters is 1. The second-order valence-corrected chi connectivity index (χ2v) is 3.20. The van der Waals surface area contributed by atoms with E-state index in [0.29, 0.717) is 12.7 Å². The molecule has 0 saturated carbocycles. The molecule has 11 heavy (non-hydrogen) atoms. The van der Waals surface area contributed by atoms with Gasteiger partial charge in [-0.25, -0.2) is 0 Å². The van der Waals surface area contributed by atoms with Gasteiger partial charge in [0.25, 0.3) is 0 Å². The number of carbonyl (C=O) groups excluding carboxylic acids is 2. The highest BCUT2D eigenvalue weighted by atomic mass is 16.6. The van der Waals surface area contributed by atoms with Crippen LogP contribution in [0.2, 0.25) is 0 Å². The summed E-state index contributed by atoms with van der Waals surface area (Å²) in [5, 5.41) is 0. The summed E-state index contributed by atoms with van der Waals surface area (Å²) in [4.78, 5) is 21.2. The molecule has 3 nitrogen and oxygen atoms in total. The van der Waals surface area contributed by atoms with Crippen LogP contribution >= 0.6 is 0 Å². The van der Waals surface area contributed by atoms with E-state index in [1.54, 1.807) is 0 Å². The van der Waals surface area contributed by atoms with Gasteiger partial charge in [0, 0.05) is 6.42 Å². The number of rotatable bonds is 2. The van der Waals surface area contributed by atoms with Gasteiger partial charge in [0.05, 0.1) is 5.92 Å². The fourth-order valence-corrected chi connectivity index (χ4v) is 1.26. The standard InChI is InChI=1S/C8H12O3/c1-5(2)7-3-6(4-9)11-8(7)10/h4-7H,3H2,1-2H3/t6-,7?/m0/s1. The third kappa shape index (κ3) is 1.59. The second kappa shape index (κ2) is 3.03. The highest BCUT2D eigenvalue weighted by molar-refractivity contribution is 5.79. The van der Waals surface area contributed by atoms with Gasteiger partial charge >= 0.3 is 5.97 Å². The van der Waals surface area contributed by atoms with Crippen molar-refractivity contribution in [2.45, 2.75) is 26.4 Å². The van der Waals surface area contributed by atoms with Crippen molar-refractivity contribution in [3.05, 3.63) is 0 Å². The number of ether oxygens (including phenoxy) is 1. The monoisotopic (exact) mass is 156 g/mol. The third-order valence-corrected chi connectivity index (χ3v) is 2.01.